The molecule has 0 unspecified atom stereocenters. The highest BCUT2D eigenvalue weighted by Crippen LogP contribution is 2.40. The van der Waals surface area contributed by atoms with E-state index in [0.29, 0.717) is 50.9 Å². The van der Waals surface area contributed by atoms with Gasteiger partial charge in [0.15, 0.2) is 11.5 Å². The van der Waals surface area contributed by atoms with E-state index in [2.05, 4.69) is 0 Å². The zero-order chi connectivity index (χ0) is 20.6. The van der Waals surface area contributed by atoms with Gasteiger partial charge in [0.25, 0.3) is 0 Å². The normalized spacial score (nSPS) is 15.7. The van der Waals surface area contributed by atoms with Gasteiger partial charge in [0.2, 0.25) is 0 Å². The first-order chi connectivity index (χ1) is 13.5. The Balaban J connectivity index is 1.84. The van der Waals surface area contributed by atoms with E-state index in [0.717, 1.165) is 30.6 Å². The third-order valence-corrected chi connectivity index (χ3v) is 5.60. The van der Waals surface area contributed by atoms with Gasteiger partial charge >= 0.3 is 0 Å². The standard InChI is InChI=1S/C23H32O5/c1-4-14-23(21(25)11-12-22(23)26)15-13-18(24)8-6-7-17-9-10-19(28-5-2)20(16-17)27-3/h9-10,16H,4-8,11-15H2,1-3H3. The second kappa shape index (κ2) is 10.4. The zero-order valence-corrected chi connectivity index (χ0v) is 17.3. The summed E-state index contributed by atoms with van der Waals surface area (Å²) in [5, 5.41) is 0. The molecule has 0 N–H and O–H groups in total. The average molecular weight is 389 g/mol. The predicted molar refractivity (Wildman–Crippen MR) is 108 cm³/mol. The highest BCUT2D eigenvalue weighted by atomic mass is 16.5. The van der Waals surface area contributed by atoms with Crippen molar-refractivity contribution >= 4 is 17.3 Å². The number of aryl methyl sites for hydroxylation is 1. The number of hydrogen-bond acceptors (Lipinski definition) is 5. The molecule has 1 saturated carbocycles. The minimum Gasteiger partial charge on any atom is -0.493 e. The molecule has 0 amide bonds. The van der Waals surface area contributed by atoms with Gasteiger partial charge in [-0.15, -0.1) is 0 Å². The molecule has 0 bridgehead atoms. The third-order valence-electron chi connectivity index (χ3n) is 5.60. The Morgan fingerprint density at radius 3 is 2.36 bits per heavy atom. The molecule has 0 aliphatic heterocycles. The lowest BCUT2D eigenvalue weighted by Crippen LogP contribution is -2.33. The minimum absolute atomic E-state index is 0.0358. The van der Waals surface area contributed by atoms with E-state index in [1.165, 1.54) is 0 Å². The number of rotatable bonds is 12. The van der Waals surface area contributed by atoms with Gasteiger partial charge in [0.05, 0.1) is 19.1 Å². The molecule has 0 saturated heterocycles. The Hall–Kier alpha value is -2.17. The topological polar surface area (TPSA) is 69.7 Å². The lowest BCUT2D eigenvalue weighted by atomic mass is 9.75. The molecule has 5 heteroatoms. The highest BCUT2D eigenvalue weighted by molar-refractivity contribution is 6.13. The van der Waals surface area contributed by atoms with Crippen LogP contribution in [0.3, 0.4) is 0 Å². The molecule has 28 heavy (non-hydrogen) atoms. The van der Waals surface area contributed by atoms with E-state index >= 15 is 0 Å². The van der Waals surface area contributed by atoms with Gasteiger partial charge in [-0.25, -0.2) is 0 Å². The van der Waals surface area contributed by atoms with Gasteiger partial charge in [-0.3, -0.25) is 14.4 Å². The second-order valence-electron chi connectivity index (χ2n) is 7.49. The SMILES string of the molecule is CCCC1(CCC(=O)CCCc2ccc(OCC)c(OC)c2)C(=O)CCC1=O. The molecule has 1 aromatic carbocycles. The van der Waals surface area contributed by atoms with Crippen molar-refractivity contribution in [1.82, 2.24) is 0 Å². The Morgan fingerprint density at radius 1 is 1.04 bits per heavy atom. The van der Waals surface area contributed by atoms with Crippen LogP contribution in [-0.2, 0) is 20.8 Å². The van der Waals surface area contributed by atoms with Crippen LogP contribution in [0.2, 0.25) is 0 Å². The number of hydrogen-bond donors (Lipinski definition) is 0. The van der Waals surface area contributed by atoms with E-state index < -0.39 is 5.41 Å². The number of methoxy groups -OCH3 is 1. The summed E-state index contributed by atoms with van der Waals surface area (Å²) in [6.45, 7) is 4.48. The molecule has 0 heterocycles. The van der Waals surface area contributed by atoms with Gasteiger partial charge in [-0.05, 0) is 50.3 Å². The maximum atomic E-state index is 12.3. The Kier molecular flexibility index (Phi) is 8.21. The molecular weight excluding hydrogens is 356 g/mol. The largest absolute Gasteiger partial charge is 0.493 e. The van der Waals surface area contributed by atoms with Crippen LogP contribution in [0, 0.1) is 5.41 Å². The van der Waals surface area contributed by atoms with Crippen molar-refractivity contribution < 1.29 is 23.9 Å². The summed E-state index contributed by atoms with van der Waals surface area (Å²) < 4.78 is 10.9. The smallest absolute Gasteiger partial charge is 0.161 e. The molecule has 1 fully saturated rings. The summed E-state index contributed by atoms with van der Waals surface area (Å²) in [6.07, 6.45) is 4.69. The molecule has 0 atom stereocenters. The Bertz CT molecular complexity index is 691. The van der Waals surface area contributed by atoms with Gasteiger partial charge in [0, 0.05) is 25.7 Å². The fourth-order valence-corrected chi connectivity index (χ4v) is 4.08. The summed E-state index contributed by atoms with van der Waals surface area (Å²) in [7, 11) is 1.61. The van der Waals surface area contributed by atoms with Gasteiger partial charge < -0.3 is 9.47 Å². The monoisotopic (exact) mass is 388 g/mol. The first-order valence-electron chi connectivity index (χ1n) is 10.3. The van der Waals surface area contributed by atoms with Gasteiger partial charge in [-0.1, -0.05) is 19.4 Å². The van der Waals surface area contributed by atoms with Crippen LogP contribution in [0.5, 0.6) is 11.5 Å². The summed E-state index contributed by atoms with van der Waals surface area (Å²) >= 11 is 0. The number of carbonyl (C=O) groups is 3. The molecule has 154 valence electrons. The van der Waals surface area contributed by atoms with Crippen LogP contribution in [0.1, 0.15) is 70.8 Å². The third kappa shape index (κ3) is 5.21. The molecule has 1 aliphatic carbocycles. The summed E-state index contributed by atoms with van der Waals surface area (Å²) in [6, 6.07) is 5.83. The van der Waals surface area contributed by atoms with E-state index in [1.807, 2.05) is 32.0 Å². The summed E-state index contributed by atoms with van der Waals surface area (Å²) in [4.78, 5) is 36.9. The number of ketones is 3. The maximum Gasteiger partial charge on any atom is 0.161 e. The van der Waals surface area contributed by atoms with Crippen LogP contribution in [0.25, 0.3) is 0 Å². The lowest BCUT2D eigenvalue weighted by Gasteiger charge is -2.25. The van der Waals surface area contributed by atoms with Crippen LogP contribution in [-0.4, -0.2) is 31.1 Å². The quantitative estimate of drug-likeness (QED) is 0.494. The number of carbonyl (C=O) groups excluding carboxylic acids is 3. The van der Waals surface area contributed by atoms with Gasteiger partial charge in [0.1, 0.15) is 17.3 Å². The first kappa shape index (κ1) is 22.1. The fraction of sp³-hybridized carbons (Fsp3) is 0.609. The van der Waals surface area contributed by atoms with Crippen molar-refractivity contribution in [2.75, 3.05) is 13.7 Å². The van der Waals surface area contributed by atoms with Crippen molar-refractivity contribution in [2.45, 2.75) is 71.6 Å². The molecule has 0 spiro atoms. The number of Topliss-reactive ketones (excluding diaryl/α,β-unsaturated/α-hetero) is 3. The van der Waals surface area contributed by atoms with Crippen molar-refractivity contribution in [1.29, 1.82) is 0 Å². The van der Waals surface area contributed by atoms with Gasteiger partial charge in [-0.2, -0.15) is 0 Å². The lowest BCUT2D eigenvalue weighted by molar-refractivity contribution is -0.136. The molecule has 1 aromatic rings. The fourth-order valence-electron chi connectivity index (χ4n) is 4.08. The van der Waals surface area contributed by atoms with Crippen LogP contribution in [0.15, 0.2) is 18.2 Å². The van der Waals surface area contributed by atoms with Crippen LogP contribution in [0.4, 0.5) is 0 Å². The molecule has 0 radical (unpaired) electrons. The number of ether oxygens (including phenoxy) is 2. The summed E-state index contributed by atoms with van der Waals surface area (Å²) in [5.74, 6) is 1.62. The molecule has 5 nitrogen and oxygen atoms in total. The predicted octanol–water partition coefficient (Wildman–Crippen LogP) is 4.48. The minimum atomic E-state index is -0.882. The average Bonchev–Trinajstić information content (AvgIpc) is 2.96. The van der Waals surface area contributed by atoms with Crippen molar-refractivity contribution in [3.63, 3.8) is 0 Å². The van der Waals surface area contributed by atoms with Crippen molar-refractivity contribution in [3.05, 3.63) is 23.8 Å². The van der Waals surface area contributed by atoms with Crippen LogP contribution >= 0.6 is 0 Å². The van der Waals surface area contributed by atoms with E-state index in [-0.39, 0.29) is 17.3 Å². The molecule has 0 aromatic heterocycles. The Morgan fingerprint density at radius 2 is 1.75 bits per heavy atom. The zero-order valence-electron chi connectivity index (χ0n) is 17.3. The molecule has 2 rings (SSSR count). The molecular formula is C23H32O5. The summed E-state index contributed by atoms with van der Waals surface area (Å²) in [5.41, 5.74) is 0.212. The first-order valence-corrected chi connectivity index (χ1v) is 10.3. The van der Waals surface area contributed by atoms with Crippen LogP contribution < -0.4 is 9.47 Å². The maximum absolute atomic E-state index is 12.3. The van der Waals surface area contributed by atoms with E-state index in [1.54, 1.807) is 7.11 Å². The second-order valence-corrected chi connectivity index (χ2v) is 7.49. The van der Waals surface area contributed by atoms with E-state index in [4.69, 9.17) is 9.47 Å². The number of benzene rings is 1. The van der Waals surface area contributed by atoms with Crippen molar-refractivity contribution in [3.8, 4) is 11.5 Å². The molecule has 1 aliphatic rings. The van der Waals surface area contributed by atoms with Crippen molar-refractivity contribution in [2.24, 2.45) is 5.41 Å². The highest BCUT2D eigenvalue weighted by Gasteiger charge is 2.48. The van der Waals surface area contributed by atoms with E-state index in [9.17, 15) is 14.4 Å². The Labute approximate surface area is 167 Å².